The average molecular weight is 487 g/mol. The molecule has 0 spiro atoms. The van der Waals surface area contributed by atoms with E-state index in [1.54, 1.807) is 68.4 Å². The lowest BCUT2D eigenvalue weighted by Crippen LogP contribution is -2.21. The van der Waals surface area contributed by atoms with Gasteiger partial charge in [0.1, 0.15) is 23.4 Å². The molecular formula is C24H27ClN4O5. The number of hydrogen-bond donors (Lipinski definition) is 2. The minimum atomic E-state index is -0.443. The van der Waals surface area contributed by atoms with E-state index < -0.39 is 12.0 Å². The van der Waals surface area contributed by atoms with Crippen molar-refractivity contribution in [2.75, 3.05) is 26.0 Å². The number of halogens is 1. The molecule has 9 nitrogen and oxygen atoms in total. The number of amides is 2. The van der Waals surface area contributed by atoms with Gasteiger partial charge in [-0.3, -0.25) is 14.3 Å². The molecular weight excluding hydrogens is 460 g/mol. The van der Waals surface area contributed by atoms with Crippen molar-refractivity contribution in [3.05, 3.63) is 64.8 Å². The summed E-state index contributed by atoms with van der Waals surface area (Å²) in [5, 5.41) is 16.6. The number of carbonyl (C=O) groups excluding carboxylic acids is 2. The molecule has 0 radical (unpaired) electrons. The van der Waals surface area contributed by atoms with Crippen LogP contribution in [-0.4, -0.2) is 58.4 Å². The Morgan fingerprint density at radius 2 is 1.88 bits per heavy atom. The van der Waals surface area contributed by atoms with Crippen LogP contribution < -0.4 is 14.8 Å². The predicted octanol–water partition coefficient (Wildman–Crippen LogP) is 3.97. The summed E-state index contributed by atoms with van der Waals surface area (Å²) in [6, 6.07) is 11.1. The normalized spacial score (nSPS) is 11.6. The van der Waals surface area contributed by atoms with Crippen LogP contribution in [0.4, 0.5) is 5.82 Å². The van der Waals surface area contributed by atoms with Crippen LogP contribution >= 0.6 is 11.6 Å². The van der Waals surface area contributed by atoms with E-state index in [-0.39, 0.29) is 23.1 Å². The largest absolute Gasteiger partial charge is 0.488 e. The molecule has 34 heavy (non-hydrogen) atoms. The molecule has 10 heteroatoms. The van der Waals surface area contributed by atoms with E-state index in [1.807, 2.05) is 6.92 Å². The number of aliphatic hydroxyl groups is 1. The highest BCUT2D eigenvalue weighted by Gasteiger charge is 2.16. The van der Waals surface area contributed by atoms with Crippen molar-refractivity contribution < 1.29 is 24.2 Å². The van der Waals surface area contributed by atoms with Gasteiger partial charge in [-0.05, 0) is 36.8 Å². The van der Waals surface area contributed by atoms with Gasteiger partial charge in [0.15, 0.2) is 5.82 Å². The fourth-order valence-corrected chi connectivity index (χ4v) is 3.26. The van der Waals surface area contributed by atoms with E-state index >= 15 is 0 Å². The molecule has 0 aliphatic heterocycles. The van der Waals surface area contributed by atoms with Crippen molar-refractivity contribution in [2.45, 2.75) is 19.4 Å². The predicted molar refractivity (Wildman–Crippen MR) is 129 cm³/mol. The second kappa shape index (κ2) is 11.0. The van der Waals surface area contributed by atoms with Crippen LogP contribution in [-0.2, 0) is 7.05 Å². The maximum absolute atomic E-state index is 12.9. The first-order valence-corrected chi connectivity index (χ1v) is 11.0. The van der Waals surface area contributed by atoms with Crippen molar-refractivity contribution in [2.24, 2.45) is 7.05 Å². The van der Waals surface area contributed by atoms with Gasteiger partial charge < -0.3 is 24.8 Å². The topological polar surface area (TPSA) is 106 Å². The van der Waals surface area contributed by atoms with Gasteiger partial charge in [-0.15, -0.1) is 0 Å². The fraction of sp³-hybridized carbons (Fsp3) is 0.292. The zero-order valence-electron chi connectivity index (χ0n) is 19.4. The molecule has 0 bridgehead atoms. The van der Waals surface area contributed by atoms with Gasteiger partial charge in [0.05, 0.1) is 11.6 Å². The molecule has 2 N–H and O–H groups in total. The maximum atomic E-state index is 12.9. The Morgan fingerprint density at radius 1 is 1.15 bits per heavy atom. The highest BCUT2D eigenvalue weighted by atomic mass is 35.5. The smallest absolute Gasteiger partial charge is 0.257 e. The Morgan fingerprint density at radius 3 is 2.47 bits per heavy atom. The monoisotopic (exact) mass is 486 g/mol. The molecule has 180 valence electrons. The number of nitrogens with zero attached hydrogens (tertiary/aromatic N) is 3. The van der Waals surface area contributed by atoms with Crippen molar-refractivity contribution in [3.63, 3.8) is 0 Å². The van der Waals surface area contributed by atoms with Crippen molar-refractivity contribution >= 4 is 29.2 Å². The van der Waals surface area contributed by atoms with Crippen LogP contribution in [0.2, 0.25) is 5.02 Å². The molecule has 0 saturated heterocycles. The molecule has 1 unspecified atom stereocenters. The first kappa shape index (κ1) is 25.1. The van der Waals surface area contributed by atoms with Crippen LogP contribution in [0.5, 0.6) is 17.2 Å². The van der Waals surface area contributed by atoms with Gasteiger partial charge in [-0.2, -0.15) is 5.10 Å². The molecule has 0 aliphatic rings. The molecule has 0 saturated carbocycles. The highest BCUT2D eigenvalue weighted by Crippen LogP contribution is 2.33. The highest BCUT2D eigenvalue weighted by molar-refractivity contribution is 6.32. The number of nitrogens with one attached hydrogen (secondary N) is 1. The summed E-state index contributed by atoms with van der Waals surface area (Å²) in [5.74, 6) is 0.743. The lowest BCUT2D eigenvalue weighted by Gasteiger charge is -2.17. The molecule has 0 aliphatic carbocycles. The van der Waals surface area contributed by atoms with Crippen molar-refractivity contribution in [1.29, 1.82) is 0 Å². The number of aromatic nitrogens is 2. The Hall–Kier alpha value is -3.56. The fourth-order valence-electron chi connectivity index (χ4n) is 3.04. The van der Waals surface area contributed by atoms with Crippen LogP contribution in [0, 0.1) is 0 Å². The summed E-state index contributed by atoms with van der Waals surface area (Å²) >= 11 is 6.36. The van der Waals surface area contributed by atoms with Crippen LogP contribution in [0.3, 0.4) is 0 Å². The van der Waals surface area contributed by atoms with Gasteiger partial charge in [0.25, 0.3) is 11.8 Å². The quantitative estimate of drug-likeness (QED) is 0.474. The van der Waals surface area contributed by atoms with Gasteiger partial charge in [0.2, 0.25) is 0 Å². The number of aryl methyl sites for hydroxylation is 1. The lowest BCUT2D eigenvalue weighted by molar-refractivity contribution is 0.0827. The lowest BCUT2D eigenvalue weighted by atomic mass is 10.1. The zero-order valence-corrected chi connectivity index (χ0v) is 20.2. The first-order valence-electron chi connectivity index (χ1n) is 10.6. The summed E-state index contributed by atoms with van der Waals surface area (Å²) in [5.41, 5.74) is 0.685. The van der Waals surface area contributed by atoms with E-state index in [0.29, 0.717) is 35.1 Å². The molecule has 2 aromatic carbocycles. The second-order valence-corrected chi connectivity index (χ2v) is 8.21. The van der Waals surface area contributed by atoms with E-state index in [9.17, 15) is 14.7 Å². The van der Waals surface area contributed by atoms with E-state index in [4.69, 9.17) is 21.1 Å². The summed E-state index contributed by atoms with van der Waals surface area (Å²) < 4.78 is 13.3. The van der Waals surface area contributed by atoms with Gasteiger partial charge in [0, 0.05) is 50.6 Å². The minimum absolute atomic E-state index is 0.176. The third-order valence-electron chi connectivity index (χ3n) is 4.87. The first-order chi connectivity index (χ1) is 16.2. The van der Waals surface area contributed by atoms with Crippen LogP contribution in [0.1, 0.15) is 34.1 Å². The third kappa shape index (κ3) is 6.27. The maximum Gasteiger partial charge on any atom is 0.257 e. The Bertz CT molecular complexity index is 1170. The Labute approximate surface area is 202 Å². The van der Waals surface area contributed by atoms with Crippen LogP contribution in [0.15, 0.2) is 48.7 Å². The summed E-state index contributed by atoms with van der Waals surface area (Å²) in [7, 11) is 5.05. The molecule has 3 aromatic rings. The van der Waals surface area contributed by atoms with Crippen LogP contribution in [0.25, 0.3) is 0 Å². The van der Waals surface area contributed by atoms with Crippen molar-refractivity contribution in [1.82, 2.24) is 14.7 Å². The number of rotatable bonds is 9. The SMILES string of the molecule is CCC(CO)Oc1cc(Oc2ccc(C(=O)N(C)C)cc2Cl)cc(C(=O)Nc2ccn(C)n2)c1. The van der Waals surface area contributed by atoms with Gasteiger partial charge >= 0.3 is 0 Å². The van der Waals surface area contributed by atoms with E-state index in [2.05, 4.69) is 10.4 Å². The summed E-state index contributed by atoms with van der Waals surface area (Å²) in [6.07, 6.45) is 1.84. The number of carbonyl (C=O) groups is 2. The number of hydrogen-bond acceptors (Lipinski definition) is 6. The minimum Gasteiger partial charge on any atom is -0.488 e. The number of benzene rings is 2. The van der Waals surface area contributed by atoms with Gasteiger partial charge in [-0.1, -0.05) is 18.5 Å². The standard InChI is InChI=1S/C24H27ClN4O5/c1-5-17(14-30)33-18-10-16(23(31)26-22-8-9-29(4)27-22)11-19(13-18)34-21-7-6-15(12-20(21)25)24(32)28(2)3/h6-13,17,30H,5,14H2,1-4H3,(H,26,27,31). The van der Waals surface area contributed by atoms with E-state index in [0.717, 1.165) is 0 Å². The molecule has 1 atom stereocenters. The summed E-state index contributed by atoms with van der Waals surface area (Å²) in [4.78, 5) is 26.5. The number of aliphatic hydroxyl groups excluding tert-OH is 1. The second-order valence-electron chi connectivity index (χ2n) is 7.80. The molecule has 0 fully saturated rings. The van der Waals surface area contributed by atoms with Crippen molar-refractivity contribution in [3.8, 4) is 17.2 Å². The number of anilines is 1. The third-order valence-corrected chi connectivity index (χ3v) is 5.17. The van der Waals surface area contributed by atoms with Gasteiger partial charge in [-0.25, -0.2) is 0 Å². The zero-order chi connectivity index (χ0) is 24.8. The molecule has 1 heterocycles. The summed E-state index contributed by atoms with van der Waals surface area (Å²) in [6.45, 7) is 1.70. The molecule has 2 amide bonds. The Kier molecular flexibility index (Phi) is 8.14. The molecule has 3 rings (SSSR count). The average Bonchev–Trinajstić information content (AvgIpc) is 3.22. The van der Waals surface area contributed by atoms with E-state index in [1.165, 1.54) is 11.0 Å². The molecule has 1 aromatic heterocycles. The number of ether oxygens (including phenoxy) is 2. The Balaban J connectivity index is 1.91.